The van der Waals surface area contributed by atoms with Crippen LogP contribution in [0.1, 0.15) is 23.0 Å². The number of piperazine rings is 1. The normalized spacial score (nSPS) is 17.1. The number of nitrogens with zero attached hydrogens (tertiary/aromatic N) is 6. The lowest BCUT2D eigenvalue weighted by atomic mass is 10.0. The Labute approximate surface area is 160 Å². The SMILES string of the molecule is CN1CCN([C@@H](c2ccccc2)c2nnnn2CCc2ccccc2)CC1. The lowest BCUT2D eigenvalue weighted by Gasteiger charge is -2.37. The minimum Gasteiger partial charge on any atom is -0.304 e. The molecule has 1 saturated heterocycles. The van der Waals surface area contributed by atoms with Gasteiger partial charge in [0, 0.05) is 32.7 Å². The fourth-order valence-corrected chi connectivity index (χ4v) is 3.68. The first-order valence-electron chi connectivity index (χ1n) is 9.59. The summed E-state index contributed by atoms with van der Waals surface area (Å²) >= 11 is 0. The predicted molar refractivity (Wildman–Crippen MR) is 105 cm³/mol. The van der Waals surface area contributed by atoms with Gasteiger partial charge in [0.2, 0.25) is 0 Å². The largest absolute Gasteiger partial charge is 0.304 e. The van der Waals surface area contributed by atoms with Crippen LogP contribution < -0.4 is 0 Å². The molecule has 1 aliphatic rings. The fraction of sp³-hybridized carbons (Fsp3) is 0.381. The smallest absolute Gasteiger partial charge is 0.173 e. The number of tetrazole rings is 1. The first-order valence-corrected chi connectivity index (χ1v) is 9.59. The first-order chi connectivity index (χ1) is 13.3. The molecule has 0 amide bonds. The summed E-state index contributed by atoms with van der Waals surface area (Å²) in [5.41, 5.74) is 2.55. The summed E-state index contributed by atoms with van der Waals surface area (Å²) < 4.78 is 1.98. The van der Waals surface area contributed by atoms with Crippen molar-refractivity contribution in [1.82, 2.24) is 30.0 Å². The van der Waals surface area contributed by atoms with Crippen molar-refractivity contribution in [3.05, 3.63) is 77.6 Å². The zero-order valence-corrected chi connectivity index (χ0v) is 15.8. The Kier molecular flexibility index (Phi) is 5.55. The monoisotopic (exact) mass is 362 g/mol. The van der Waals surface area contributed by atoms with Crippen LogP contribution in [0.2, 0.25) is 0 Å². The highest BCUT2D eigenvalue weighted by atomic mass is 15.5. The Morgan fingerprint density at radius 3 is 2.26 bits per heavy atom. The van der Waals surface area contributed by atoms with Crippen LogP contribution in [0.25, 0.3) is 0 Å². The van der Waals surface area contributed by atoms with Crippen LogP contribution >= 0.6 is 0 Å². The second-order valence-corrected chi connectivity index (χ2v) is 7.15. The van der Waals surface area contributed by atoms with Gasteiger partial charge in [-0.25, -0.2) is 4.68 Å². The molecule has 0 radical (unpaired) electrons. The van der Waals surface area contributed by atoms with E-state index in [0.29, 0.717) is 0 Å². The summed E-state index contributed by atoms with van der Waals surface area (Å²) in [6, 6.07) is 21.2. The summed E-state index contributed by atoms with van der Waals surface area (Å²) in [7, 11) is 2.18. The Morgan fingerprint density at radius 1 is 0.889 bits per heavy atom. The number of hydrogen-bond donors (Lipinski definition) is 0. The summed E-state index contributed by atoms with van der Waals surface area (Å²) in [6.45, 7) is 4.94. The number of likely N-dealkylation sites (N-methyl/N-ethyl adjacent to an activating group) is 1. The Bertz CT molecular complexity index is 824. The van der Waals surface area contributed by atoms with E-state index in [1.807, 2.05) is 10.7 Å². The topological polar surface area (TPSA) is 50.1 Å². The molecule has 140 valence electrons. The van der Waals surface area contributed by atoms with Crippen molar-refractivity contribution in [1.29, 1.82) is 0 Å². The molecular weight excluding hydrogens is 336 g/mol. The van der Waals surface area contributed by atoms with E-state index in [0.717, 1.165) is 45.0 Å². The standard InChI is InChI=1S/C21H26N6/c1-25-14-16-26(17-15-25)20(19-10-6-3-7-11-19)21-22-23-24-27(21)13-12-18-8-4-2-5-9-18/h2-11,20H,12-17H2,1H3/t20-/m0/s1. The Balaban J connectivity index is 1.60. The quantitative estimate of drug-likeness (QED) is 0.673. The third-order valence-electron chi connectivity index (χ3n) is 5.28. The van der Waals surface area contributed by atoms with E-state index in [1.54, 1.807) is 0 Å². The zero-order valence-electron chi connectivity index (χ0n) is 15.8. The molecule has 1 aliphatic heterocycles. The van der Waals surface area contributed by atoms with Crippen LogP contribution in [-0.2, 0) is 13.0 Å². The maximum absolute atomic E-state index is 4.45. The number of benzene rings is 2. The van der Waals surface area contributed by atoms with Gasteiger partial charge < -0.3 is 4.90 Å². The van der Waals surface area contributed by atoms with Gasteiger partial charge >= 0.3 is 0 Å². The molecule has 3 aromatic rings. The molecule has 0 saturated carbocycles. The highest BCUT2D eigenvalue weighted by molar-refractivity contribution is 5.25. The van der Waals surface area contributed by atoms with Crippen LogP contribution in [0.4, 0.5) is 0 Å². The first kappa shape index (κ1) is 17.8. The van der Waals surface area contributed by atoms with Gasteiger partial charge in [0.25, 0.3) is 0 Å². The maximum atomic E-state index is 4.45. The highest BCUT2D eigenvalue weighted by Crippen LogP contribution is 2.27. The van der Waals surface area contributed by atoms with Gasteiger partial charge in [-0.05, 0) is 35.0 Å². The lowest BCUT2D eigenvalue weighted by Crippen LogP contribution is -2.46. The summed E-state index contributed by atoms with van der Waals surface area (Å²) in [4.78, 5) is 4.87. The van der Waals surface area contributed by atoms with E-state index in [9.17, 15) is 0 Å². The number of aryl methyl sites for hydroxylation is 2. The average Bonchev–Trinajstić information content (AvgIpc) is 3.18. The van der Waals surface area contributed by atoms with E-state index >= 15 is 0 Å². The van der Waals surface area contributed by atoms with Gasteiger partial charge in [-0.3, -0.25) is 4.90 Å². The van der Waals surface area contributed by atoms with Crippen LogP contribution in [0, 0.1) is 0 Å². The highest BCUT2D eigenvalue weighted by Gasteiger charge is 2.29. The van der Waals surface area contributed by atoms with Crippen molar-refractivity contribution in [2.45, 2.75) is 19.0 Å². The number of rotatable bonds is 6. The fourth-order valence-electron chi connectivity index (χ4n) is 3.68. The summed E-state index contributed by atoms with van der Waals surface area (Å²) in [6.07, 6.45) is 0.920. The van der Waals surface area contributed by atoms with E-state index in [1.165, 1.54) is 11.1 Å². The van der Waals surface area contributed by atoms with Gasteiger partial charge in [0.05, 0.1) is 6.04 Å². The number of aromatic nitrogens is 4. The third kappa shape index (κ3) is 4.23. The van der Waals surface area contributed by atoms with E-state index in [-0.39, 0.29) is 6.04 Å². The van der Waals surface area contributed by atoms with Crippen LogP contribution in [0.3, 0.4) is 0 Å². The maximum Gasteiger partial charge on any atom is 0.173 e. The second kappa shape index (κ2) is 8.41. The predicted octanol–water partition coefficient (Wildman–Crippen LogP) is 2.25. The molecule has 6 heteroatoms. The molecule has 4 rings (SSSR count). The average molecular weight is 362 g/mol. The van der Waals surface area contributed by atoms with E-state index in [2.05, 4.69) is 87.0 Å². The minimum atomic E-state index is 0.0886. The van der Waals surface area contributed by atoms with Crippen molar-refractivity contribution in [3.8, 4) is 0 Å². The molecule has 0 spiro atoms. The van der Waals surface area contributed by atoms with Crippen LogP contribution in [0.15, 0.2) is 60.7 Å². The molecular formula is C21H26N6. The molecule has 0 aliphatic carbocycles. The van der Waals surface area contributed by atoms with Gasteiger partial charge in [0.1, 0.15) is 0 Å². The molecule has 2 heterocycles. The van der Waals surface area contributed by atoms with Gasteiger partial charge in [-0.1, -0.05) is 60.7 Å². The molecule has 0 bridgehead atoms. The van der Waals surface area contributed by atoms with Crippen molar-refractivity contribution in [3.63, 3.8) is 0 Å². The molecule has 6 nitrogen and oxygen atoms in total. The second-order valence-electron chi connectivity index (χ2n) is 7.15. The van der Waals surface area contributed by atoms with Crippen LogP contribution in [-0.4, -0.2) is 63.2 Å². The van der Waals surface area contributed by atoms with E-state index in [4.69, 9.17) is 0 Å². The van der Waals surface area contributed by atoms with E-state index < -0.39 is 0 Å². The molecule has 1 atom stereocenters. The Morgan fingerprint density at radius 2 is 1.56 bits per heavy atom. The Hall–Kier alpha value is -2.57. The lowest BCUT2D eigenvalue weighted by molar-refractivity contribution is 0.121. The molecule has 2 aromatic carbocycles. The molecule has 1 fully saturated rings. The van der Waals surface area contributed by atoms with Gasteiger partial charge in [-0.15, -0.1) is 5.10 Å². The van der Waals surface area contributed by atoms with Crippen molar-refractivity contribution >= 4 is 0 Å². The number of hydrogen-bond acceptors (Lipinski definition) is 5. The van der Waals surface area contributed by atoms with Crippen molar-refractivity contribution in [2.24, 2.45) is 0 Å². The van der Waals surface area contributed by atoms with Crippen molar-refractivity contribution in [2.75, 3.05) is 33.2 Å². The zero-order chi connectivity index (χ0) is 18.5. The third-order valence-corrected chi connectivity index (χ3v) is 5.28. The summed E-state index contributed by atoms with van der Waals surface area (Å²) in [5.74, 6) is 0.932. The molecule has 1 aromatic heterocycles. The summed E-state index contributed by atoms with van der Waals surface area (Å²) in [5, 5.41) is 12.8. The van der Waals surface area contributed by atoms with Crippen LogP contribution in [0.5, 0.6) is 0 Å². The molecule has 0 unspecified atom stereocenters. The van der Waals surface area contributed by atoms with Crippen molar-refractivity contribution < 1.29 is 0 Å². The van der Waals surface area contributed by atoms with Gasteiger partial charge in [0.15, 0.2) is 5.82 Å². The van der Waals surface area contributed by atoms with Gasteiger partial charge in [-0.2, -0.15) is 0 Å². The molecule has 27 heavy (non-hydrogen) atoms. The molecule has 0 N–H and O–H groups in total. The minimum absolute atomic E-state index is 0.0886.